The molecule has 0 N–H and O–H groups in total. The molecule has 0 aliphatic heterocycles. The fraction of sp³-hybridized carbons (Fsp3) is 0.200. The molecule has 4 nitrogen and oxygen atoms in total. The van der Waals surface area contributed by atoms with Gasteiger partial charge in [-0.15, -0.1) is 0 Å². The monoisotopic (exact) mass is 190 g/mol. The zero-order chi connectivity index (χ0) is 10.4. The maximum absolute atomic E-state index is 11.3. The van der Waals surface area contributed by atoms with E-state index in [4.69, 9.17) is 5.26 Å². The Morgan fingerprint density at radius 1 is 1.50 bits per heavy atom. The number of benzene rings is 1. The Balaban J connectivity index is 2.62. The summed E-state index contributed by atoms with van der Waals surface area (Å²) in [5.74, 6) is 0. The van der Waals surface area contributed by atoms with E-state index in [1.165, 1.54) is 4.90 Å². The van der Waals surface area contributed by atoms with Crippen LogP contribution in [0.1, 0.15) is 0 Å². The topological polar surface area (TPSA) is 53.3 Å². The van der Waals surface area contributed by atoms with Gasteiger partial charge in [-0.2, -0.15) is 5.26 Å². The summed E-state index contributed by atoms with van der Waals surface area (Å²) in [7, 11) is 1.59. The first-order valence-corrected chi connectivity index (χ1v) is 4.08. The van der Waals surface area contributed by atoms with E-state index in [0.717, 1.165) is 5.69 Å². The predicted molar refractivity (Wildman–Crippen MR) is 51.8 cm³/mol. The van der Waals surface area contributed by atoms with Crippen molar-refractivity contribution < 1.29 is 9.53 Å². The summed E-state index contributed by atoms with van der Waals surface area (Å²) < 4.78 is 4.63. The van der Waals surface area contributed by atoms with E-state index in [2.05, 4.69) is 4.74 Å². The fourth-order valence-corrected chi connectivity index (χ4v) is 0.948. The quantitative estimate of drug-likeness (QED) is 0.714. The molecule has 0 aromatic heterocycles. The molecular formula is C10H10N2O2. The number of nitriles is 1. The number of para-hydroxylation sites is 1. The molecule has 0 atom stereocenters. The molecule has 0 spiro atoms. The summed E-state index contributed by atoms with van der Waals surface area (Å²) in [5, 5.41) is 8.22. The van der Waals surface area contributed by atoms with E-state index in [0.29, 0.717) is 0 Å². The van der Waals surface area contributed by atoms with E-state index in [1.807, 2.05) is 18.2 Å². The van der Waals surface area contributed by atoms with Crippen molar-refractivity contribution in [2.24, 2.45) is 0 Å². The van der Waals surface area contributed by atoms with Crippen molar-refractivity contribution in [3.8, 4) is 6.07 Å². The summed E-state index contributed by atoms with van der Waals surface area (Å²) in [4.78, 5) is 12.6. The van der Waals surface area contributed by atoms with Crippen LogP contribution in [0, 0.1) is 11.3 Å². The van der Waals surface area contributed by atoms with Crippen LogP contribution in [-0.4, -0.2) is 19.7 Å². The maximum atomic E-state index is 11.3. The smallest absolute Gasteiger partial charge is 0.415 e. The van der Waals surface area contributed by atoms with Crippen LogP contribution in [0.25, 0.3) is 0 Å². The highest BCUT2D eigenvalue weighted by molar-refractivity contribution is 5.86. The van der Waals surface area contributed by atoms with Gasteiger partial charge in [0.05, 0.1) is 0 Å². The number of anilines is 1. The van der Waals surface area contributed by atoms with Gasteiger partial charge in [0.25, 0.3) is 0 Å². The van der Waals surface area contributed by atoms with Gasteiger partial charge in [0.1, 0.15) is 6.07 Å². The predicted octanol–water partition coefficient (Wildman–Crippen LogP) is 1.78. The fourth-order valence-electron chi connectivity index (χ4n) is 0.948. The Morgan fingerprint density at radius 2 is 2.14 bits per heavy atom. The standard InChI is InChI=1S/C10H10N2O2/c1-12(10(13)14-8-7-11)9-5-3-2-4-6-9/h2-6H,8H2,1H3. The second kappa shape index (κ2) is 4.87. The van der Waals surface area contributed by atoms with Crippen LogP contribution < -0.4 is 4.90 Å². The van der Waals surface area contributed by atoms with Crippen LogP contribution in [0.5, 0.6) is 0 Å². The number of amides is 1. The number of carbonyl (C=O) groups is 1. The lowest BCUT2D eigenvalue weighted by molar-refractivity contribution is 0.169. The first-order chi connectivity index (χ1) is 6.75. The molecule has 0 heterocycles. The molecule has 0 radical (unpaired) electrons. The SMILES string of the molecule is CN(C(=O)OCC#N)c1ccccc1. The molecule has 0 fully saturated rings. The second-order valence-corrected chi connectivity index (χ2v) is 2.61. The van der Waals surface area contributed by atoms with Crippen LogP contribution in [0.4, 0.5) is 10.5 Å². The Kier molecular flexibility index (Phi) is 3.50. The molecule has 1 aromatic carbocycles. The summed E-state index contributed by atoms with van der Waals surface area (Å²) in [6.07, 6.45) is -0.530. The van der Waals surface area contributed by atoms with Gasteiger partial charge in [-0.05, 0) is 12.1 Å². The highest BCUT2D eigenvalue weighted by Gasteiger charge is 2.10. The minimum Gasteiger partial charge on any atom is -0.434 e. The van der Waals surface area contributed by atoms with Gasteiger partial charge >= 0.3 is 6.09 Å². The lowest BCUT2D eigenvalue weighted by atomic mass is 10.3. The second-order valence-electron chi connectivity index (χ2n) is 2.61. The Bertz CT molecular complexity index is 343. The zero-order valence-corrected chi connectivity index (χ0v) is 7.80. The molecule has 0 aliphatic carbocycles. The van der Waals surface area contributed by atoms with E-state index in [9.17, 15) is 4.79 Å². The van der Waals surface area contributed by atoms with Crippen molar-refractivity contribution in [3.05, 3.63) is 30.3 Å². The van der Waals surface area contributed by atoms with Crippen LogP contribution in [0.15, 0.2) is 30.3 Å². The molecule has 72 valence electrons. The minimum absolute atomic E-state index is 0.226. The van der Waals surface area contributed by atoms with Crippen LogP contribution in [-0.2, 0) is 4.74 Å². The van der Waals surface area contributed by atoms with Gasteiger partial charge < -0.3 is 4.74 Å². The first kappa shape index (κ1) is 10.1. The van der Waals surface area contributed by atoms with Crippen LogP contribution in [0.3, 0.4) is 0 Å². The molecule has 0 aliphatic rings. The molecule has 1 rings (SSSR count). The van der Waals surface area contributed by atoms with Crippen molar-refractivity contribution in [1.82, 2.24) is 0 Å². The Labute approximate surface area is 82.3 Å². The third kappa shape index (κ3) is 2.49. The van der Waals surface area contributed by atoms with Crippen molar-refractivity contribution >= 4 is 11.8 Å². The molecule has 0 bridgehead atoms. The average molecular weight is 190 g/mol. The normalized spacial score (nSPS) is 8.86. The van der Waals surface area contributed by atoms with Gasteiger partial charge in [0.15, 0.2) is 6.61 Å². The summed E-state index contributed by atoms with van der Waals surface area (Å²) >= 11 is 0. The maximum Gasteiger partial charge on any atom is 0.415 e. The lowest BCUT2D eigenvalue weighted by Crippen LogP contribution is -2.27. The Hall–Kier alpha value is -2.02. The molecule has 1 amide bonds. The Morgan fingerprint density at radius 3 is 2.71 bits per heavy atom. The molecule has 0 unspecified atom stereocenters. The van der Waals surface area contributed by atoms with Crippen molar-refractivity contribution in [2.45, 2.75) is 0 Å². The van der Waals surface area contributed by atoms with Gasteiger partial charge in [-0.1, -0.05) is 18.2 Å². The van der Waals surface area contributed by atoms with Gasteiger partial charge in [-0.3, -0.25) is 4.90 Å². The number of nitrogens with zero attached hydrogens (tertiary/aromatic N) is 2. The van der Waals surface area contributed by atoms with Gasteiger partial charge in [0.2, 0.25) is 0 Å². The zero-order valence-electron chi connectivity index (χ0n) is 7.80. The van der Waals surface area contributed by atoms with Crippen LogP contribution >= 0.6 is 0 Å². The van der Waals surface area contributed by atoms with E-state index in [-0.39, 0.29) is 6.61 Å². The molecule has 0 saturated carbocycles. The average Bonchev–Trinajstić information content (AvgIpc) is 2.26. The first-order valence-electron chi connectivity index (χ1n) is 4.08. The molecule has 4 heteroatoms. The van der Waals surface area contributed by atoms with Crippen LogP contribution in [0.2, 0.25) is 0 Å². The van der Waals surface area contributed by atoms with Gasteiger partial charge in [-0.25, -0.2) is 4.79 Å². The molecule has 1 aromatic rings. The number of ether oxygens (including phenoxy) is 1. The van der Waals surface area contributed by atoms with Gasteiger partial charge in [0, 0.05) is 12.7 Å². The summed E-state index contributed by atoms with van der Waals surface area (Å²) in [6, 6.07) is 10.8. The largest absolute Gasteiger partial charge is 0.434 e. The molecule has 14 heavy (non-hydrogen) atoms. The highest BCUT2D eigenvalue weighted by Crippen LogP contribution is 2.11. The minimum atomic E-state index is -0.530. The van der Waals surface area contributed by atoms with Crippen molar-refractivity contribution in [1.29, 1.82) is 5.26 Å². The summed E-state index contributed by atoms with van der Waals surface area (Å²) in [5.41, 5.74) is 0.732. The number of hydrogen-bond donors (Lipinski definition) is 0. The molecular weight excluding hydrogens is 180 g/mol. The van der Waals surface area contributed by atoms with Crippen molar-refractivity contribution in [3.63, 3.8) is 0 Å². The highest BCUT2D eigenvalue weighted by atomic mass is 16.6. The third-order valence-corrected chi connectivity index (χ3v) is 1.68. The number of carbonyl (C=O) groups excluding carboxylic acids is 1. The van der Waals surface area contributed by atoms with E-state index in [1.54, 1.807) is 25.2 Å². The number of hydrogen-bond acceptors (Lipinski definition) is 3. The number of rotatable bonds is 2. The van der Waals surface area contributed by atoms with E-state index < -0.39 is 6.09 Å². The van der Waals surface area contributed by atoms with E-state index >= 15 is 0 Å². The van der Waals surface area contributed by atoms with Crippen molar-refractivity contribution in [2.75, 3.05) is 18.6 Å². The summed E-state index contributed by atoms with van der Waals surface area (Å²) in [6.45, 7) is -0.226. The molecule has 0 saturated heterocycles. The third-order valence-electron chi connectivity index (χ3n) is 1.68. The lowest BCUT2D eigenvalue weighted by Gasteiger charge is -2.15.